The SMILES string of the molecule is COc1ccc(S(=O)(=O)N2CCCC[C@H]2CC(=O)NCc2ccc(F)cc2)cc1. The lowest BCUT2D eigenvalue weighted by Crippen LogP contribution is -2.45. The molecular weight excluding hydrogens is 395 g/mol. The number of nitrogens with zero attached hydrogens (tertiary/aromatic N) is 1. The molecule has 6 nitrogen and oxygen atoms in total. The Balaban J connectivity index is 1.66. The molecule has 8 heteroatoms. The Bertz CT molecular complexity index is 930. The first-order valence-electron chi connectivity index (χ1n) is 9.57. The maximum atomic E-state index is 13.1. The fourth-order valence-electron chi connectivity index (χ4n) is 3.47. The number of methoxy groups -OCH3 is 1. The molecule has 1 amide bonds. The Morgan fingerprint density at radius 1 is 1.14 bits per heavy atom. The van der Waals surface area contributed by atoms with Crippen LogP contribution in [0.15, 0.2) is 53.4 Å². The molecule has 0 aromatic heterocycles. The van der Waals surface area contributed by atoms with Crippen LogP contribution in [0.5, 0.6) is 5.75 Å². The Morgan fingerprint density at radius 2 is 1.83 bits per heavy atom. The minimum absolute atomic E-state index is 0.0938. The summed E-state index contributed by atoms with van der Waals surface area (Å²) in [5.74, 6) is 0.0251. The van der Waals surface area contributed by atoms with Crippen molar-refractivity contribution in [3.8, 4) is 5.75 Å². The van der Waals surface area contributed by atoms with E-state index in [-0.39, 0.29) is 35.6 Å². The van der Waals surface area contributed by atoms with Crippen LogP contribution < -0.4 is 10.1 Å². The Hall–Kier alpha value is -2.45. The van der Waals surface area contributed by atoms with Crippen LogP contribution in [0.3, 0.4) is 0 Å². The van der Waals surface area contributed by atoms with Crippen molar-refractivity contribution in [3.05, 3.63) is 59.9 Å². The second-order valence-electron chi connectivity index (χ2n) is 7.05. The van der Waals surface area contributed by atoms with Crippen molar-refractivity contribution >= 4 is 15.9 Å². The zero-order valence-corrected chi connectivity index (χ0v) is 17.1. The molecule has 0 saturated carbocycles. The van der Waals surface area contributed by atoms with Crippen LogP contribution in [-0.2, 0) is 21.4 Å². The summed E-state index contributed by atoms with van der Waals surface area (Å²) < 4.78 is 45.7. The molecule has 1 heterocycles. The highest BCUT2D eigenvalue weighted by molar-refractivity contribution is 7.89. The first-order chi connectivity index (χ1) is 13.9. The van der Waals surface area contributed by atoms with Gasteiger partial charge in [0.2, 0.25) is 15.9 Å². The summed E-state index contributed by atoms with van der Waals surface area (Å²) in [5, 5.41) is 2.79. The van der Waals surface area contributed by atoms with E-state index in [2.05, 4.69) is 5.32 Å². The molecule has 0 radical (unpaired) electrons. The predicted molar refractivity (Wildman–Crippen MR) is 107 cm³/mol. The van der Waals surface area contributed by atoms with Gasteiger partial charge in [0, 0.05) is 25.6 Å². The molecule has 1 saturated heterocycles. The van der Waals surface area contributed by atoms with Crippen LogP contribution in [0.25, 0.3) is 0 Å². The van der Waals surface area contributed by atoms with Crippen molar-refractivity contribution < 1.29 is 22.3 Å². The quantitative estimate of drug-likeness (QED) is 0.747. The highest BCUT2D eigenvalue weighted by atomic mass is 32.2. The number of piperidine rings is 1. The van der Waals surface area contributed by atoms with Crippen LogP contribution in [0.1, 0.15) is 31.2 Å². The number of carbonyl (C=O) groups is 1. The summed E-state index contributed by atoms with van der Waals surface area (Å²) in [5.41, 5.74) is 0.783. The normalized spacial score (nSPS) is 17.7. The molecule has 1 aliphatic rings. The van der Waals surface area contributed by atoms with Crippen molar-refractivity contribution in [2.24, 2.45) is 0 Å². The summed E-state index contributed by atoms with van der Waals surface area (Å²) in [6.45, 7) is 0.668. The van der Waals surface area contributed by atoms with Gasteiger partial charge in [0.1, 0.15) is 11.6 Å². The molecule has 3 rings (SSSR count). The van der Waals surface area contributed by atoms with Crippen LogP contribution in [-0.4, -0.2) is 38.3 Å². The first kappa shape index (κ1) is 21.3. The van der Waals surface area contributed by atoms with Crippen molar-refractivity contribution in [3.63, 3.8) is 0 Å². The molecule has 2 aromatic carbocycles. The first-order valence-corrected chi connectivity index (χ1v) is 11.0. The average molecular weight is 421 g/mol. The topological polar surface area (TPSA) is 75.7 Å². The van der Waals surface area contributed by atoms with Gasteiger partial charge in [0.25, 0.3) is 0 Å². The smallest absolute Gasteiger partial charge is 0.243 e. The van der Waals surface area contributed by atoms with E-state index in [0.717, 1.165) is 18.4 Å². The minimum Gasteiger partial charge on any atom is -0.497 e. The largest absolute Gasteiger partial charge is 0.497 e. The Labute approximate surface area is 170 Å². The summed E-state index contributed by atoms with van der Waals surface area (Å²) in [6.07, 6.45) is 2.38. The lowest BCUT2D eigenvalue weighted by atomic mass is 10.0. The van der Waals surface area contributed by atoms with E-state index in [1.165, 1.54) is 35.7 Å². The summed E-state index contributed by atoms with van der Waals surface area (Å²) in [6, 6.07) is 11.8. The molecule has 1 atom stereocenters. The van der Waals surface area contributed by atoms with E-state index in [9.17, 15) is 17.6 Å². The number of amides is 1. The van der Waals surface area contributed by atoms with E-state index >= 15 is 0 Å². The Kier molecular flexibility index (Phi) is 6.87. The van der Waals surface area contributed by atoms with Gasteiger partial charge in [0.05, 0.1) is 12.0 Å². The van der Waals surface area contributed by atoms with Gasteiger partial charge in [-0.05, 0) is 54.8 Å². The zero-order valence-electron chi connectivity index (χ0n) is 16.3. The van der Waals surface area contributed by atoms with E-state index < -0.39 is 10.0 Å². The lowest BCUT2D eigenvalue weighted by Gasteiger charge is -2.34. The molecule has 0 spiro atoms. The number of hydrogen-bond acceptors (Lipinski definition) is 4. The number of ether oxygens (including phenoxy) is 1. The number of hydrogen-bond donors (Lipinski definition) is 1. The van der Waals surface area contributed by atoms with Gasteiger partial charge >= 0.3 is 0 Å². The van der Waals surface area contributed by atoms with E-state index in [1.807, 2.05) is 0 Å². The number of nitrogens with one attached hydrogen (secondary N) is 1. The van der Waals surface area contributed by atoms with Gasteiger partial charge in [-0.15, -0.1) is 0 Å². The predicted octanol–water partition coefficient (Wildman–Crippen LogP) is 3.08. The van der Waals surface area contributed by atoms with Crippen LogP contribution in [0.4, 0.5) is 4.39 Å². The highest BCUT2D eigenvalue weighted by Gasteiger charge is 2.34. The molecule has 1 N–H and O–H groups in total. The second kappa shape index (κ2) is 9.37. The van der Waals surface area contributed by atoms with Crippen molar-refractivity contribution in [2.75, 3.05) is 13.7 Å². The molecule has 29 heavy (non-hydrogen) atoms. The van der Waals surface area contributed by atoms with Gasteiger partial charge in [0.15, 0.2) is 0 Å². The van der Waals surface area contributed by atoms with Crippen molar-refractivity contribution in [1.29, 1.82) is 0 Å². The number of halogens is 1. The third-order valence-corrected chi connectivity index (χ3v) is 7.03. The highest BCUT2D eigenvalue weighted by Crippen LogP contribution is 2.28. The number of benzene rings is 2. The van der Waals surface area contributed by atoms with Gasteiger partial charge < -0.3 is 10.1 Å². The monoisotopic (exact) mass is 420 g/mol. The third-order valence-electron chi connectivity index (χ3n) is 5.06. The second-order valence-corrected chi connectivity index (χ2v) is 8.94. The summed E-state index contributed by atoms with van der Waals surface area (Å²) >= 11 is 0. The van der Waals surface area contributed by atoms with Crippen LogP contribution in [0.2, 0.25) is 0 Å². The van der Waals surface area contributed by atoms with Crippen LogP contribution >= 0.6 is 0 Å². The van der Waals surface area contributed by atoms with Crippen LogP contribution in [0, 0.1) is 5.82 Å². The maximum absolute atomic E-state index is 13.1. The zero-order chi connectivity index (χ0) is 20.9. The third kappa shape index (κ3) is 5.33. The summed E-state index contributed by atoms with van der Waals surface area (Å²) in [4.78, 5) is 12.6. The molecule has 0 bridgehead atoms. The number of rotatable bonds is 7. The van der Waals surface area contributed by atoms with Gasteiger partial charge in [-0.1, -0.05) is 18.6 Å². The van der Waals surface area contributed by atoms with E-state index in [4.69, 9.17) is 4.74 Å². The molecule has 0 aliphatic carbocycles. The minimum atomic E-state index is -3.70. The molecular formula is C21H25FN2O4S. The van der Waals surface area contributed by atoms with Crippen molar-refractivity contribution in [1.82, 2.24) is 9.62 Å². The Morgan fingerprint density at radius 3 is 2.48 bits per heavy atom. The van der Waals surface area contributed by atoms with Gasteiger partial charge in [-0.2, -0.15) is 4.31 Å². The number of sulfonamides is 1. The fraction of sp³-hybridized carbons (Fsp3) is 0.381. The van der Waals surface area contributed by atoms with Gasteiger partial charge in [-0.25, -0.2) is 12.8 Å². The molecule has 2 aromatic rings. The van der Waals surface area contributed by atoms with Gasteiger partial charge in [-0.3, -0.25) is 4.79 Å². The average Bonchev–Trinajstić information content (AvgIpc) is 2.73. The van der Waals surface area contributed by atoms with Crippen molar-refractivity contribution in [2.45, 2.75) is 43.2 Å². The molecule has 1 aliphatic heterocycles. The molecule has 0 unspecified atom stereocenters. The van der Waals surface area contributed by atoms with E-state index in [1.54, 1.807) is 24.3 Å². The van der Waals surface area contributed by atoms with E-state index in [0.29, 0.717) is 18.7 Å². The number of carbonyl (C=O) groups excluding carboxylic acids is 1. The maximum Gasteiger partial charge on any atom is 0.243 e. The molecule has 1 fully saturated rings. The lowest BCUT2D eigenvalue weighted by molar-refractivity contribution is -0.122. The summed E-state index contributed by atoms with van der Waals surface area (Å²) in [7, 11) is -2.18. The fourth-order valence-corrected chi connectivity index (χ4v) is 5.16. The standard InChI is InChI=1S/C21H25FN2O4S/c1-28-19-9-11-20(12-10-19)29(26,27)24-13-3-2-4-18(24)14-21(25)23-15-16-5-7-17(22)8-6-16/h5-12,18H,2-4,13-15H2,1H3,(H,23,25)/t18-/m0/s1. The molecule has 156 valence electrons.